The second kappa shape index (κ2) is 6.69. The summed E-state index contributed by atoms with van der Waals surface area (Å²) in [7, 11) is 0. The Labute approximate surface area is 132 Å². The summed E-state index contributed by atoms with van der Waals surface area (Å²) in [5, 5.41) is 5.59. The summed E-state index contributed by atoms with van der Waals surface area (Å²) in [6.07, 6.45) is 6.41. The summed E-state index contributed by atoms with van der Waals surface area (Å²) < 4.78 is 1.43. The molecule has 3 heterocycles. The van der Waals surface area contributed by atoms with Crippen molar-refractivity contribution in [1.29, 1.82) is 0 Å². The molecule has 0 aliphatic carbocycles. The van der Waals surface area contributed by atoms with E-state index in [2.05, 4.69) is 20.6 Å². The molecule has 2 N–H and O–H groups in total. The van der Waals surface area contributed by atoms with Crippen molar-refractivity contribution in [1.82, 2.24) is 19.7 Å². The van der Waals surface area contributed by atoms with E-state index >= 15 is 0 Å². The first-order valence-corrected chi connectivity index (χ1v) is 7.10. The fraction of sp³-hybridized carbons (Fsp3) is 0.125. The van der Waals surface area contributed by atoms with Crippen LogP contribution in [-0.4, -0.2) is 26.8 Å². The van der Waals surface area contributed by atoms with Crippen LogP contribution in [-0.2, 0) is 11.3 Å². The molecule has 23 heavy (non-hydrogen) atoms. The zero-order chi connectivity index (χ0) is 16.1. The second-order valence-electron chi connectivity index (χ2n) is 4.89. The molecule has 3 rings (SSSR count). The molecule has 3 aromatic heterocycles. The van der Waals surface area contributed by atoms with Crippen molar-refractivity contribution >= 4 is 17.2 Å². The monoisotopic (exact) mass is 309 g/mol. The molecule has 0 saturated heterocycles. The van der Waals surface area contributed by atoms with Gasteiger partial charge >= 0.3 is 0 Å². The van der Waals surface area contributed by atoms with Crippen molar-refractivity contribution in [3.63, 3.8) is 0 Å². The van der Waals surface area contributed by atoms with Crippen LogP contribution in [0.2, 0.25) is 0 Å². The smallest absolute Gasteiger partial charge is 0.281 e. The number of rotatable bonds is 5. The Morgan fingerprint density at radius 1 is 1.17 bits per heavy atom. The fourth-order valence-electron chi connectivity index (χ4n) is 2.09. The van der Waals surface area contributed by atoms with Crippen molar-refractivity contribution < 1.29 is 4.79 Å². The van der Waals surface area contributed by atoms with E-state index in [1.807, 2.05) is 12.1 Å². The number of nitrogens with zero attached hydrogens (tertiary/aromatic N) is 3. The minimum Gasteiger partial charge on any atom is -0.370 e. The van der Waals surface area contributed by atoms with Gasteiger partial charge in [-0.15, -0.1) is 0 Å². The molecule has 7 heteroatoms. The minimum atomic E-state index is -0.238. The number of aromatic nitrogens is 3. The first-order chi connectivity index (χ1) is 11.2. The van der Waals surface area contributed by atoms with Crippen LogP contribution in [0.3, 0.4) is 0 Å². The number of amides is 1. The molecule has 1 amide bonds. The Balaban J connectivity index is 1.61. The first kappa shape index (κ1) is 14.7. The lowest BCUT2D eigenvalue weighted by Gasteiger charge is -2.08. The van der Waals surface area contributed by atoms with E-state index in [9.17, 15) is 9.59 Å². The quantitative estimate of drug-likeness (QED) is 0.728. The maximum absolute atomic E-state index is 12.2. The van der Waals surface area contributed by atoms with Gasteiger partial charge in [-0.25, -0.2) is 4.98 Å². The third kappa shape index (κ3) is 3.52. The van der Waals surface area contributed by atoms with E-state index in [1.165, 1.54) is 10.6 Å². The fourth-order valence-corrected chi connectivity index (χ4v) is 2.09. The number of anilines is 1. The van der Waals surface area contributed by atoms with Gasteiger partial charge in [0.25, 0.3) is 5.56 Å². The van der Waals surface area contributed by atoms with Gasteiger partial charge in [0, 0.05) is 25.1 Å². The molecule has 3 aromatic rings. The zero-order valence-electron chi connectivity index (χ0n) is 12.3. The molecule has 0 bridgehead atoms. The van der Waals surface area contributed by atoms with Crippen LogP contribution in [0, 0.1) is 0 Å². The van der Waals surface area contributed by atoms with E-state index in [0.29, 0.717) is 12.2 Å². The van der Waals surface area contributed by atoms with Gasteiger partial charge in [0.15, 0.2) is 0 Å². The van der Waals surface area contributed by atoms with Gasteiger partial charge in [-0.05, 0) is 29.8 Å². The van der Waals surface area contributed by atoms with Crippen LogP contribution >= 0.6 is 0 Å². The Morgan fingerprint density at radius 3 is 2.83 bits per heavy atom. The lowest BCUT2D eigenvalue weighted by molar-refractivity contribution is -0.119. The molecule has 0 atom stereocenters. The summed E-state index contributed by atoms with van der Waals surface area (Å²) in [6.45, 7) is 0.416. The SMILES string of the molecule is O=C(CNc1cnc2ccccn2c1=O)NCc1ccncc1. The molecule has 0 fully saturated rings. The van der Waals surface area contributed by atoms with Crippen molar-refractivity contribution in [2.75, 3.05) is 11.9 Å². The lowest BCUT2D eigenvalue weighted by Crippen LogP contribution is -2.31. The van der Waals surface area contributed by atoms with Crippen LogP contribution in [0.25, 0.3) is 5.65 Å². The number of carbonyl (C=O) groups excluding carboxylic acids is 1. The summed E-state index contributed by atoms with van der Waals surface area (Å²) in [5.41, 5.74) is 1.57. The topological polar surface area (TPSA) is 88.4 Å². The van der Waals surface area contributed by atoms with E-state index in [0.717, 1.165) is 5.56 Å². The van der Waals surface area contributed by atoms with Crippen molar-refractivity contribution in [3.8, 4) is 0 Å². The van der Waals surface area contributed by atoms with Crippen LogP contribution in [0.15, 0.2) is 59.9 Å². The minimum absolute atomic E-state index is 0.000897. The van der Waals surface area contributed by atoms with Crippen LogP contribution in [0.5, 0.6) is 0 Å². The van der Waals surface area contributed by atoms with Gasteiger partial charge in [0.1, 0.15) is 11.3 Å². The molecular formula is C16H15N5O2. The van der Waals surface area contributed by atoms with Crippen LogP contribution in [0.1, 0.15) is 5.56 Å². The van der Waals surface area contributed by atoms with Gasteiger partial charge in [-0.3, -0.25) is 19.0 Å². The molecule has 0 spiro atoms. The third-order valence-corrected chi connectivity index (χ3v) is 3.29. The Morgan fingerprint density at radius 2 is 2.00 bits per heavy atom. The maximum Gasteiger partial charge on any atom is 0.281 e. The lowest BCUT2D eigenvalue weighted by atomic mass is 10.3. The van der Waals surface area contributed by atoms with Gasteiger partial charge in [0.2, 0.25) is 5.91 Å². The van der Waals surface area contributed by atoms with Gasteiger partial charge in [-0.2, -0.15) is 0 Å². The van der Waals surface area contributed by atoms with E-state index < -0.39 is 0 Å². The molecule has 0 radical (unpaired) electrons. The molecular weight excluding hydrogens is 294 g/mol. The number of pyridine rings is 2. The predicted molar refractivity (Wildman–Crippen MR) is 86.0 cm³/mol. The first-order valence-electron chi connectivity index (χ1n) is 7.10. The van der Waals surface area contributed by atoms with E-state index in [4.69, 9.17) is 0 Å². The Kier molecular flexibility index (Phi) is 4.28. The molecule has 7 nitrogen and oxygen atoms in total. The van der Waals surface area contributed by atoms with Gasteiger partial charge in [-0.1, -0.05) is 6.07 Å². The standard InChI is InChI=1S/C16H15N5O2/c22-15(20-9-12-4-6-17-7-5-12)11-18-13-10-19-14-3-1-2-8-21(14)16(13)23/h1-8,10,18H,9,11H2,(H,20,22). The van der Waals surface area contributed by atoms with Crippen molar-refractivity contribution in [3.05, 3.63) is 71.0 Å². The maximum atomic E-state index is 12.2. The summed E-state index contributed by atoms with van der Waals surface area (Å²) in [4.78, 5) is 32.2. The third-order valence-electron chi connectivity index (χ3n) is 3.29. The highest BCUT2D eigenvalue weighted by atomic mass is 16.2. The summed E-state index contributed by atoms with van der Waals surface area (Å²) in [5.74, 6) is -0.209. The number of hydrogen-bond acceptors (Lipinski definition) is 5. The number of hydrogen-bond donors (Lipinski definition) is 2. The van der Waals surface area contributed by atoms with E-state index in [1.54, 1.807) is 36.8 Å². The molecule has 0 unspecified atom stereocenters. The van der Waals surface area contributed by atoms with Crippen LogP contribution in [0.4, 0.5) is 5.69 Å². The molecule has 0 aliphatic heterocycles. The number of fused-ring (bicyclic) bond motifs is 1. The highest BCUT2D eigenvalue weighted by molar-refractivity contribution is 5.80. The van der Waals surface area contributed by atoms with Gasteiger partial charge in [0.05, 0.1) is 12.7 Å². The van der Waals surface area contributed by atoms with Gasteiger partial charge < -0.3 is 10.6 Å². The summed E-state index contributed by atoms with van der Waals surface area (Å²) >= 11 is 0. The van der Waals surface area contributed by atoms with E-state index in [-0.39, 0.29) is 23.7 Å². The largest absolute Gasteiger partial charge is 0.370 e. The Bertz CT molecular complexity index is 876. The molecule has 0 saturated carbocycles. The average molecular weight is 309 g/mol. The van der Waals surface area contributed by atoms with Crippen molar-refractivity contribution in [2.24, 2.45) is 0 Å². The van der Waals surface area contributed by atoms with Crippen LogP contribution < -0.4 is 16.2 Å². The normalized spacial score (nSPS) is 10.4. The molecule has 0 aromatic carbocycles. The van der Waals surface area contributed by atoms with Crippen molar-refractivity contribution in [2.45, 2.75) is 6.54 Å². The highest BCUT2D eigenvalue weighted by Gasteiger charge is 2.06. The number of nitrogens with one attached hydrogen (secondary N) is 2. The zero-order valence-corrected chi connectivity index (χ0v) is 12.3. The predicted octanol–water partition coefficient (Wildman–Crippen LogP) is 0.818. The average Bonchev–Trinajstić information content (AvgIpc) is 2.60. The second-order valence-corrected chi connectivity index (χ2v) is 4.89. The highest BCUT2D eigenvalue weighted by Crippen LogP contribution is 2.01. The Hall–Kier alpha value is -3.22. The molecule has 0 aliphatic rings. The molecule has 116 valence electrons. The summed E-state index contributed by atoms with van der Waals surface area (Å²) in [6, 6.07) is 8.95. The number of carbonyl (C=O) groups is 1.